The molecule has 1 fully saturated rings. The molecule has 0 bridgehead atoms. The van der Waals surface area contributed by atoms with Crippen LogP contribution in [0.5, 0.6) is 11.5 Å². The van der Waals surface area contributed by atoms with Crippen LogP contribution in [0.2, 0.25) is 0 Å². The summed E-state index contributed by atoms with van der Waals surface area (Å²) in [5.41, 5.74) is 7.36. The largest absolute Gasteiger partial charge is 0.493 e. The van der Waals surface area contributed by atoms with Gasteiger partial charge in [0.2, 0.25) is 0 Å². The Morgan fingerprint density at radius 1 is 1.35 bits per heavy atom. The molecule has 0 unspecified atom stereocenters. The van der Waals surface area contributed by atoms with E-state index in [0.717, 1.165) is 24.5 Å². The molecule has 1 aliphatic rings. The number of methoxy groups -OCH3 is 1. The van der Waals surface area contributed by atoms with Crippen molar-refractivity contribution < 1.29 is 9.47 Å². The Balaban J connectivity index is 2.23. The average Bonchev–Trinajstić information content (AvgIpc) is 3.10. The molecule has 0 aliphatic heterocycles. The third-order valence-corrected chi connectivity index (χ3v) is 3.52. The van der Waals surface area contributed by atoms with Crippen molar-refractivity contribution in [2.45, 2.75) is 26.2 Å². The molecule has 2 rings (SSSR count). The van der Waals surface area contributed by atoms with Gasteiger partial charge in [0, 0.05) is 0 Å². The fraction of sp³-hybridized carbons (Fsp3) is 0.571. The van der Waals surface area contributed by atoms with Gasteiger partial charge in [0.05, 0.1) is 13.7 Å². The zero-order chi connectivity index (χ0) is 12.3. The van der Waals surface area contributed by atoms with Crippen molar-refractivity contribution in [2.75, 3.05) is 20.3 Å². The van der Waals surface area contributed by atoms with Crippen LogP contribution in [-0.2, 0) is 6.42 Å². The lowest BCUT2D eigenvalue weighted by Crippen LogP contribution is -2.18. The Labute approximate surface area is 103 Å². The van der Waals surface area contributed by atoms with E-state index in [9.17, 15) is 0 Å². The van der Waals surface area contributed by atoms with Crippen LogP contribution < -0.4 is 15.2 Å². The Kier molecular flexibility index (Phi) is 3.57. The lowest BCUT2D eigenvalue weighted by molar-refractivity contribution is 0.308. The minimum Gasteiger partial charge on any atom is -0.493 e. The molecule has 0 aromatic heterocycles. The molecule has 0 spiro atoms. The summed E-state index contributed by atoms with van der Waals surface area (Å²) in [5.74, 6) is 1.70. The standard InChI is InChI=1S/C14H21NO2/c1-3-17-12-6-4-5-11(13(12)16-2)9-14(10-15)7-8-14/h4-6H,3,7-10,15H2,1-2H3. The van der Waals surface area contributed by atoms with Crippen LogP contribution in [0.1, 0.15) is 25.3 Å². The predicted molar refractivity (Wildman–Crippen MR) is 68.6 cm³/mol. The van der Waals surface area contributed by atoms with E-state index in [2.05, 4.69) is 6.07 Å². The van der Waals surface area contributed by atoms with Crippen molar-refractivity contribution in [1.29, 1.82) is 0 Å². The Morgan fingerprint density at radius 3 is 2.65 bits per heavy atom. The van der Waals surface area contributed by atoms with Crippen LogP contribution in [-0.4, -0.2) is 20.3 Å². The quantitative estimate of drug-likeness (QED) is 0.823. The molecule has 0 amide bonds. The van der Waals surface area contributed by atoms with Gasteiger partial charge in [-0.1, -0.05) is 12.1 Å². The highest BCUT2D eigenvalue weighted by atomic mass is 16.5. The van der Waals surface area contributed by atoms with E-state index < -0.39 is 0 Å². The van der Waals surface area contributed by atoms with Gasteiger partial charge < -0.3 is 15.2 Å². The van der Waals surface area contributed by atoms with Crippen molar-refractivity contribution in [3.8, 4) is 11.5 Å². The van der Waals surface area contributed by atoms with Crippen LogP contribution in [0, 0.1) is 5.41 Å². The Hall–Kier alpha value is -1.22. The molecule has 94 valence electrons. The number of ether oxygens (including phenoxy) is 2. The Bertz CT molecular complexity index is 386. The molecule has 0 atom stereocenters. The summed E-state index contributed by atoms with van der Waals surface area (Å²) in [5, 5.41) is 0. The minimum atomic E-state index is 0.318. The summed E-state index contributed by atoms with van der Waals surface area (Å²) in [7, 11) is 1.70. The first-order chi connectivity index (χ1) is 8.24. The molecule has 0 heterocycles. The first-order valence-electron chi connectivity index (χ1n) is 6.23. The van der Waals surface area contributed by atoms with Gasteiger partial charge in [-0.15, -0.1) is 0 Å². The first-order valence-corrected chi connectivity index (χ1v) is 6.23. The van der Waals surface area contributed by atoms with Crippen LogP contribution in [0.25, 0.3) is 0 Å². The van der Waals surface area contributed by atoms with Gasteiger partial charge in [0.25, 0.3) is 0 Å². The van der Waals surface area contributed by atoms with Gasteiger partial charge in [-0.05, 0) is 49.8 Å². The molecule has 2 N–H and O–H groups in total. The van der Waals surface area contributed by atoms with E-state index in [1.54, 1.807) is 7.11 Å². The van der Waals surface area contributed by atoms with Gasteiger partial charge in [0.15, 0.2) is 11.5 Å². The van der Waals surface area contributed by atoms with E-state index >= 15 is 0 Å². The molecule has 3 heteroatoms. The monoisotopic (exact) mass is 235 g/mol. The molecule has 0 saturated heterocycles. The SMILES string of the molecule is CCOc1cccc(CC2(CN)CC2)c1OC. The summed E-state index contributed by atoms with van der Waals surface area (Å²) < 4.78 is 11.1. The molecular weight excluding hydrogens is 214 g/mol. The number of benzene rings is 1. The lowest BCUT2D eigenvalue weighted by Gasteiger charge is -2.17. The van der Waals surface area contributed by atoms with Crippen molar-refractivity contribution >= 4 is 0 Å². The highest BCUT2D eigenvalue weighted by Crippen LogP contribution is 2.49. The Morgan fingerprint density at radius 2 is 2.12 bits per heavy atom. The van der Waals surface area contributed by atoms with Crippen molar-refractivity contribution in [3.63, 3.8) is 0 Å². The number of nitrogens with two attached hydrogens (primary N) is 1. The zero-order valence-electron chi connectivity index (χ0n) is 10.7. The zero-order valence-corrected chi connectivity index (χ0v) is 10.7. The van der Waals surface area contributed by atoms with Gasteiger partial charge >= 0.3 is 0 Å². The summed E-state index contributed by atoms with van der Waals surface area (Å²) >= 11 is 0. The van der Waals surface area contributed by atoms with E-state index in [4.69, 9.17) is 15.2 Å². The molecule has 1 aromatic carbocycles. The average molecular weight is 235 g/mol. The third kappa shape index (κ3) is 2.55. The molecular formula is C14H21NO2. The number of hydrogen-bond donors (Lipinski definition) is 1. The van der Waals surface area contributed by atoms with E-state index in [1.165, 1.54) is 18.4 Å². The van der Waals surface area contributed by atoms with Crippen molar-refractivity contribution in [3.05, 3.63) is 23.8 Å². The maximum absolute atomic E-state index is 5.83. The summed E-state index contributed by atoms with van der Waals surface area (Å²) in [6.45, 7) is 3.39. The number of hydrogen-bond acceptors (Lipinski definition) is 3. The molecule has 17 heavy (non-hydrogen) atoms. The van der Waals surface area contributed by atoms with Crippen LogP contribution in [0.15, 0.2) is 18.2 Å². The second-order valence-electron chi connectivity index (χ2n) is 4.76. The van der Waals surface area contributed by atoms with Gasteiger partial charge in [0.1, 0.15) is 0 Å². The van der Waals surface area contributed by atoms with E-state index in [0.29, 0.717) is 12.0 Å². The lowest BCUT2D eigenvalue weighted by atomic mass is 9.96. The smallest absolute Gasteiger partial charge is 0.163 e. The number of rotatable bonds is 6. The fourth-order valence-electron chi connectivity index (χ4n) is 2.24. The van der Waals surface area contributed by atoms with E-state index in [1.807, 2.05) is 19.1 Å². The molecule has 1 aromatic rings. The normalized spacial score (nSPS) is 16.6. The molecule has 1 aliphatic carbocycles. The maximum Gasteiger partial charge on any atom is 0.163 e. The first kappa shape index (κ1) is 12.2. The van der Waals surface area contributed by atoms with Crippen molar-refractivity contribution in [1.82, 2.24) is 0 Å². The summed E-state index contributed by atoms with van der Waals surface area (Å²) in [6, 6.07) is 6.08. The maximum atomic E-state index is 5.83. The molecule has 1 saturated carbocycles. The van der Waals surface area contributed by atoms with Gasteiger partial charge in [-0.25, -0.2) is 0 Å². The molecule has 3 nitrogen and oxygen atoms in total. The topological polar surface area (TPSA) is 44.5 Å². The summed E-state index contributed by atoms with van der Waals surface area (Å²) in [6.07, 6.45) is 3.45. The van der Waals surface area contributed by atoms with Gasteiger partial charge in [-0.3, -0.25) is 0 Å². The highest BCUT2D eigenvalue weighted by molar-refractivity contribution is 5.47. The predicted octanol–water partition coefficient (Wildman–Crippen LogP) is 2.38. The third-order valence-electron chi connectivity index (χ3n) is 3.52. The minimum absolute atomic E-state index is 0.318. The van der Waals surface area contributed by atoms with Crippen LogP contribution in [0.3, 0.4) is 0 Å². The van der Waals surface area contributed by atoms with Crippen molar-refractivity contribution in [2.24, 2.45) is 11.1 Å². The second kappa shape index (κ2) is 4.96. The van der Waals surface area contributed by atoms with Crippen LogP contribution >= 0.6 is 0 Å². The van der Waals surface area contributed by atoms with Gasteiger partial charge in [-0.2, -0.15) is 0 Å². The highest BCUT2D eigenvalue weighted by Gasteiger charge is 2.41. The second-order valence-corrected chi connectivity index (χ2v) is 4.76. The fourth-order valence-corrected chi connectivity index (χ4v) is 2.24. The molecule has 0 radical (unpaired) electrons. The summed E-state index contributed by atoms with van der Waals surface area (Å²) in [4.78, 5) is 0. The van der Waals surface area contributed by atoms with E-state index in [-0.39, 0.29) is 0 Å². The number of para-hydroxylation sites is 1. The van der Waals surface area contributed by atoms with Crippen LogP contribution in [0.4, 0.5) is 0 Å².